The number of rotatable bonds is 11. The normalized spacial score (nSPS) is 11.3. The van der Waals surface area contributed by atoms with Crippen molar-refractivity contribution in [1.82, 2.24) is 10.6 Å². The molecule has 2 N–H and O–H groups in total. The lowest BCUT2D eigenvalue weighted by Gasteiger charge is -2.13. The van der Waals surface area contributed by atoms with Gasteiger partial charge in [0.2, 0.25) is 0 Å². The number of nitrogens with one attached hydrogen (secondary N) is 2. The summed E-state index contributed by atoms with van der Waals surface area (Å²) in [6, 6.07) is 12.9. The fourth-order valence-corrected chi connectivity index (χ4v) is 2.93. The average molecular weight is 421 g/mol. The summed E-state index contributed by atoms with van der Waals surface area (Å²) in [7, 11) is 3.07. The van der Waals surface area contributed by atoms with E-state index in [9.17, 15) is 8.78 Å². The summed E-state index contributed by atoms with van der Waals surface area (Å²) in [5, 5.41) is 6.46. The third-order valence-electron chi connectivity index (χ3n) is 4.34. The maximum Gasteiger partial charge on any atom is 0.387 e. The first-order valence-corrected chi connectivity index (χ1v) is 9.83. The molecule has 2 aromatic rings. The lowest BCUT2D eigenvalue weighted by Crippen LogP contribution is -2.38. The molecule has 0 saturated carbocycles. The molecule has 0 spiro atoms. The van der Waals surface area contributed by atoms with Crippen LogP contribution in [0.1, 0.15) is 18.1 Å². The quantitative estimate of drug-likeness (QED) is 0.428. The number of ether oxygens (including phenoxy) is 3. The van der Waals surface area contributed by atoms with Crippen LogP contribution < -0.4 is 24.8 Å². The molecule has 30 heavy (non-hydrogen) atoms. The Labute approximate surface area is 176 Å². The van der Waals surface area contributed by atoms with Gasteiger partial charge in [-0.2, -0.15) is 8.78 Å². The van der Waals surface area contributed by atoms with Crippen LogP contribution in [0.15, 0.2) is 47.5 Å². The zero-order valence-electron chi connectivity index (χ0n) is 17.6. The third-order valence-corrected chi connectivity index (χ3v) is 4.34. The van der Waals surface area contributed by atoms with E-state index in [2.05, 4.69) is 20.4 Å². The molecule has 0 aromatic heterocycles. The van der Waals surface area contributed by atoms with Gasteiger partial charge in [-0.1, -0.05) is 24.3 Å². The number of aliphatic imine (C=N–C) groups is 1. The largest absolute Gasteiger partial charge is 0.496 e. The predicted octanol–water partition coefficient (Wildman–Crippen LogP) is 3.65. The molecule has 0 aliphatic rings. The van der Waals surface area contributed by atoms with Gasteiger partial charge in [-0.3, -0.25) is 4.99 Å². The van der Waals surface area contributed by atoms with Crippen molar-refractivity contribution in [3.63, 3.8) is 0 Å². The summed E-state index contributed by atoms with van der Waals surface area (Å²) in [5.41, 5.74) is 1.95. The second kappa shape index (κ2) is 12.5. The Morgan fingerprint density at radius 1 is 0.967 bits per heavy atom. The molecule has 0 radical (unpaired) electrons. The second-order valence-electron chi connectivity index (χ2n) is 6.36. The molecule has 6 nitrogen and oxygen atoms in total. The van der Waals surface area contributed by atoms with Crippen molar-refractivity contribution in [2.45, 2.75) is 26.4 Å². The van der Waals surface area contributed by atoms with Crippen molar-refractivity contribution in [2.24, 2.45) is 4.99 Å². The molecule has 0 heterocycles. The van der Waals surface area contributed by atoms with Crippen molar-refractivity contribution in [1.29, 1.82) is 0 Å². The summed E-state index contributed by atoms with van der Waals surface area (Å²) in [4.78, 5) is 4.59. The number of halogens is 2. The number of para-hydroxylation sites is 1. The Balaban J connectivity index is 1.92. The van der Waals surface area contributed by atoms with Gasteiger partial charge in [0.25, 0.3) is 0 Å². The molecule has 0 unspecified atom stereocenters. The first-order valence-electron chi connectivity index (χ1n) is 9.83. The minimum atomic E-state index is -2.90. The summed E-state index contributed by atoms with van der Waals surface area (Å²) in [6.07, 6.45) is 1.37. The molecule has 0 amide bonds. The maximum atomic E-state index is 12.6. The van der Waals surface area contributed by atoms with Crippen LogP contribution in [0.5, 0.6) is 17.2 Å². The van der Waals surface area contributed by atoms with Crippen LogP contribution in [0, 0.1) is 0 Å². The molecule has 2 aromatic carbocycles. The number of hydrogen-bond acceptors (Lipinski definition) is 4. The van der Waals surface area contributed by atoms with E-state index in [0.717, 1.165) is 29.8 Å². The van der Waals surface area contributed by atoms with Gasteiger partial charge < -0.3 is 24.8 Å². The zero-order chi connectivity index (χ0) is 21.8. The summed E-state index contributed by atoms with van der Waals surface area (Å²) >= 11 is 0. The van der Waals surface area contributed by atoms with E-state index in [1.54, 1.807) is 19.2 Å². The first kappa shape index (κ1) is 23.3. The van der Waals surface area contributed by atoms with Crippen molar-refractivity contribution in [3.8, 4) is 17.2 Å². The van der Waals surface area contributed by atoms with Gasteiger partial charge in [0.05, 0.1) is 14.2 Å². The highest BCUT2D eigenvalue weighted by atomic mass is 19.3. The standard InChI is InChI=1S/C22H29F2N3O3/c1-4-25-22(27-14-12-17-7-5-6-8-18(17)28-2)26-13-11-16-9-10-19(29-3)20(15-16)30-21(23)24/h5-10,15,21H,4,11-14H2,1-3H3,(H2,25,26,27). The first-order chi connectivity index (χ1) is 14.6. The van der Waals surface area contributed by atoms with Crippen molar-refractivity contribution >= 4 is 5.96 Å². The van der Waals surface area contributed by atoms with Gasteiger partial charge in [0.1, 0.15) is 5.75 Å². The third kappa shape index (κ3) is 7.42. The van der Waals surface area contributed by atoms with Crippen LogP contribution in [0.4, 0.5) is 8.78 Å². The van der Waals surface area contributed by atoms with E-state index in [0.29, 0.717) is 25.5 Å². The number of benzene rings is 2. The molecule has 0 bridgehead atoms. The monoisotopic (exact) mass is 421 g/mol. The molecule has 0 fully saturated rings. The number of alkyl halides is 2. The lowest BCUT2D eigenvalue weighted by atomic mass is 10.1. The van der Waals surface area contributed by atoms with Gasteiger partial charge in [-0.05, 0) is 49.1 Å². The Kier molecular flexibility index (Phi) is 9.70. The fourth-order valence-electron chi connectivity index (χ4n) is 2.93. The van der Waals surface area contributed by atoms with Crippen molar-refractivity contribution in [2.75, 3.05) is 33.9 Å². The van der Waals surface area contributed by atoms with Crippen molar-refractivity contribution < 1.29 is 23.0 Å². The minimum Gasteiger partial charge on any atom is -0.496 e. The molecule has 0 aliphatic carbocycles. The number of guanidine groups is 1. The van der Waals surface area contributed by atoms with Gasteiger partial charge in [-0.15, -0.1) is 0 Å². The maximum absolute atomic E-state index is 12.6. The number of nitrogens with zero attached hydrogens (tertiary/aromatic N) is 1. The van der Waals surface area contributed by atoms with Crippen molar-refractivity contribution in [3.05, 3.63) is 53.6 Å². The number of methoxy groups -OCH3 is 2. The smallest absolute Gasteiger partial charge is 0.387 e. The highest BCUT2D eigenvalue weighted by Crippen LogP contribution is 2.29. The molecule has 2 rings (SSSR count). The highest BCUT2D eigenvalue weighted by Gasteiger charge is 2.11. The van der Waals surface area contributed by atoms with E-state index in [4.69, 9.17) is 9.47 Å². The summed E-state index contributed by atoms with van der Waals surface area (Å²) in [6.45, 7) is 1.01. The average Bonchev–Trinajstić information content (AvgIpc) is 2.74. The molecule has 164 valence electrons. The fraction of sp³-hybridized carbons (Fsp3) is 0.409. The molecular weight excluding hydrogens is 392 g/mol. The predicted molar refractivity (Wildman–Crippen MR) is 114 cm³/mol. The van der Waals surface area contributed by atoms with E-state index >= 15 is 0 Å². The Bertz CT molecular complexity index is 816. The van der Waals surface area contributed by atoms with E-state index < -0.39 is 6.61 Å². The molecule has 8 heteroatoms. The van der Waals surface area contributed by atoms with Gasteiger partial charge >= 0.3 is 6.61 Å². The Morgan fingerprint density at radius 3 is 2.43 bits per heavy atom. The lowest BCUT2D eigenvalue weighted by molar-refractivity contribution is -0.0512. The van der Waals surface area contributed by atoms with Gasteiger partial charge in [-0.25, -0.2) is 0 Å². The van der Waals surface area contributed by atoms with Crippen LogP contribution >= 0.6 is 0 Å². The molecule has 0 aliphatic heterocycles. The summed E-state index contributed by atoms with van der Waals surface area (Å²) in [5.74, 6) is 1.86. The Morgan fingerprint density at radius 2 is 1.73 bits per heavy atom. The Hall–Kier alpha value is -3.03. The van der Waals surface area contributed by atoms with Crippen LogP contribution in [0.2, 0.25) is 0 Å². The van der Waals surface area contributed by atoms with Crippen LogP contribution in [0.25, 0.3) is 0 Å². The second-order valence-corrected chi connectivity index (χ2v) is 6.36. The highest BCUT2D eigenvalue weighted by molar-refractivity contribution is 5.79. The van der Waals surface area contributed by atoms with Crippen LogP contribution in [0.3, 0.4) is 0 Å². The van der Waals surface area contributed by atoms with E-state index in [-0.39, 0.29) is 11.5 Å². The summed E-state index contributed by atoms with van der Waals surface area (Å²) < 4.78 is 40.1. The number of hydrogen-bond donors (Lipinski definition) is 2. The van der Waals surface area contributed by atoms with E-state index in [1.165, 1.54) is 7.11 Å². The topological polar surface area (TPSA) is 64.1 Å². The minimum absolute atomic E-state index is 0.0300. The molecule has 0 atom stereocenters. The van der Waals surface area contributed by atoms with E-state index in [1.807, 2.05) is 37.3 Å². The van der Waals surface area contributed by atoms with Crippen LogP contribution in [-0.4, -0.2) is 46.4 Å². The SMILES string of the molecule is CCNC(=NCCc1ccccc1OC)NCCc1ccc(OC)c(OC(F)F)c1. The molecule has 0 saturated heterocycles. The molecular formula is C22H29F2N3O3. The van der Waals surface area contributed by atoms with Gasteiger partial charge in [0.15, 0.2) is 17.5 Å². The zero-order valence-corrected chi connectivity index (χ0v) is 17.6. The van der Waals surface area contributed by atoms with Gasteiger partial charge in [0, 0.05) is 19.6 Å². The van der Waals surface area contributed by atoms with Crippen LogP contribution in [-0.2, 0) is 12.8 Å².